The average Bonchev–Trinajstić information content (AvgIpc) is 2.38. The van der Waals surface area contributed by atoms with Gasteiger partial charge in [-0.1, -0.05) is 0 Å². The fraction of sp³-hybridized carbons (Fsp3) is 0.308. The van der Waals surface area contributed by atoms with Crippen LogP contribution in [0.2, 0.25) is 0 Å². The Bertz CT molecular complexity index is 628. The Morgan fingerprint density at radius 2 is 2.11 bits per heavy atom. The lowest BCUT2D eigenvalue weighted by Gasteiger charge is -2.12. The molecule has 1 aromatic carbocycles. The average molecular weight is 261 g/mol. The summed E-state index contributed by atoms with van der Waals surface area (Å²) in [5.74, 6) is 0.254. The van der Waals surface area contributed by atoms with Crippen molar-refractivity contribution in [2.75, 3.05) is 12.4 Å². The molecule has 1 atom stereocenters. The Labute approximate surface area is 110 Å². The molecule has 0 aliphatic rings. The molecule has 6 heteroatoms. The van der Waals surface area contributed by atoms with Gasteiger partial charge in [-0.25, -0.2) is 9.97 Å². The normalized spacial score (nSPS) is 12.2. The maximum atomic E-state index is 10.8. The van der Waals surface area contributed by atoms with Crippen LogP contribution < -0.4 is 10.1 Å². The zero-order chi connectivity index (χ0) is 14.0. The molecule has 0 saturated heterocycles. The van der Waals surface area contributed by atoms with Gasteiger partial charge < -0.3 is 15.2 Å². The third-order valence-corrected chi connectivity index (χ3v) is 2.77. The second-order valence-corrected chi connectivity index (χ2v) is 4.22. The number of hydrogen-bond acceptors (Lipinski definition) is 5. The van der Waals surface area contributed by atoms with Crippen LogP contribution in [0.4, 0.5) is 5.82 Å². The highest BCUT2D eigenvalue weighted by atomic mass is 16.5. The van der Waals surface area contributed by atoms with Crippen LogP contribution in [-0.2, 0) is 4.79 Å². The summed E-state index contributed by atoms with van der Waals surface area (Å²) in [6.45, 7) is 3.34. The number of nitrogens with zero attached hydrogens (tertiary/aromatic N) is 2. The summed E-state index contributed by atoms with van der Waals surface area (Å²) in [5, 5.41) is 11.7. The van der Waals surface area contributed by atoms with E-state index in [1.54, 1.807) is 39.2 Å². The number of fused-ring (bicyclic) bond motifs is 1. The Hall–Kier alpha value is -2.37. The van der Waals surface area contributed by atoms with E-state index in [0.29, 0.717) is 28.3 Å². The molecule has 19 heavy (non-hydrogen) atoms. The second kappa shape index (κ2) is 5.09. The first-order chi connectivity index (χ1) is 9.01. The van der Waals surface area contributed by atoms with Crippen molar-refractivity contribution in [3.63, 3.8) is 0 Å². The molecule has 0 spiro atoms. The van der Waals surface area contributed by atoms with Crippen LogP contribution in [0.1, 0.15) is 12.6 Å². The highest BCUT2D eigenvalue weighted by Gasteiger charge is 2.13. The van der Waals surface area contributed by atoms with Gasteiger partial charge in [-0.3, -0.25) is 4.79 Å². The van der Waals surface area contributed by atoms with Gasteiger partial charge in [0, 0.05) is 6.07 Å². The molecule has 100 valence electrons. The minimum absolute atomic E-state index is 0.479. The van der Waals surface area contributed by atoms with Crippen molar-refractivity contribution in [3.8, 4) is 5.75 Å². The summed E-state index contributed by atoms with van der Waals surface area (Å²) in [6, 6.07) is 4.65. The molecule has 0 saturated carbocycles. The van der Waals surface area contributed by atoms with Crippen molar-refractivity contribution in [2.45, 2.75) is 19.9 Å². The Balaban J connectivity index is 2.41. The van der Waals surface area contributed by atoms with E-state index in [1.807, 2.05) is 0 Å². The fourth-order valence-electron chi connectivity index (χ4n) is 1.65. The molecule has 2 N–H and O–H groups in total. The first-order valence-electron chi connectivity index (χ1n) is 5.83. The number of aryl methyl sites for hydroxylation is 1. The molecule has 2 rings (SSSR count). The van der Waals surface area contributed by atoms with Crippen molar-refractivity contribution in [3.05, 3.63) is 23.9 Å². The number of carboxylic acid groups (broad SMARTS) is 1. The highest BCUT2D eigenvalue weighted by Crippen LogP contribution is 2.21. The summed E-state index contributed by atoms with van der Waals surface area (Å²) in [6.07, 6.45) is 0. The lowest BCUT2D eigenvalue weighted by molar-refractivity contribution is -0.137. The minimum atomic E-state index is -0.934. The van der Waals surface area contributed by atoms with Crippen LogP contribution >= 0.6 is 0 Å². The van der Waals surface area contributed by atoms with Crippen LogP contribution in [0.5, 0.6) is 5.75 Å². The molecular weight excluding hydrogens is 246 g/mol. The van der Waals surface area contributed by atoms with Gasteiger partial charge in [0.2, 0.25) is 0 Å². The van der Waals surface area contributed by atoms with Crippen LogP contribution in [0.15, 0.2) is 18.2 Å². The first kappa shape index (κ1) is 13.1. The molecule has 0 radical (unpaired) electrons. The predicted octanol–water partition coefficient (Wildman–Crippen LogP) is 1.83. The lowest BCUT2D eigenvalue weighted by Crippen LogP contribution is -2.26. The quantitative estimate of drug-likeness (QED) is 0.873. The number of aliphatic carboxylic acids is 1. The number of aromatic nitrogens is 2. The topological polar surface area (TPSA) is 84.3 Å². The standard InChI is InChI=1S/C13H15N3O3/c1-7-12(15-8(2)13(17)18)16-10-5-4-9(19-3)6-11(10)14-7/h4-6,8H,1-3H3,(H,15,16)(H,17,18)/t8-/m1/s1. The highest BCUT2D eigenvalue weighted by molar-refractivity contribution is 5.80. The number of hydrogen-bond donors (Lipinski definition) is 2. The summed E-state index contributed by atoms with van der Waals surface area (Å²) in [4.78, 5) is 19.6. The van der Waals surface area contributed by atoms with Gasteiger partial charge in [0.05, 0.1) is 23.8 Å². The predicted molar refractivity (Wildman–Crippen MR) is 71.5 cm³/mol. The van der Waals surface area contributed by atoms with E-state index in [0.717, 1.165) is 0 Å². The molecule has 2 aromatic rings. The van der Waals surface area contributed by atoms with Crippen molar-refractivity contribution >= 4 is 22.8 Å². The van der Waals surface area contributed by atoms with E-state index >= 15 is 0 Å². The van der Waals surface area contributed by atoms with Gasteiger partial charge in [-0.05, 0) is 26.0 Å². The monoisotopic (exact) mass is 261 g/mol. The van der Waals surface area contributed by atoms with Gasteiger partial charge in [-0.15, -0.1) is 0 Å². The van der Waals surface area contributed by atoms with E-state index < -0.39 is 12.0 Å². The van der Waals surface area contributed by atoms with Gasteiger partial charge >= 0.3 is 5.97 Å². The number of carboxylic acids is 1. The summed E-state index contributed by atoms with van der Waals surface area (Å²) < 4.78 is 5.13. The number of rotatable bonds is 4. The van der Waals surface area contributed by atoms with E-state index in [4.69, 9.17) is 9.84 Å². The van der Waals surface area contributed by atoms with Crippen molar-refractivity contribution in [2.24, 2.45) is 0 Å². The third-order valence-electron chi connectivity index (χ3n) is 2.77. The number of anilines is 1. The third kappa shape index (κ3) is 2.73. The largest absolute Gasteiger partial charge is 0.497 e. The SMILES string of the molecule is COc1ccc2nc(N[C@H](C)C(=O)O)c(C)nc2c1. The van der Waals surface area contributed by atoms with Crippen molar-refractivity contribution in [1.29, 1.82) is 0 Å². The van der Waals surface area contributed by atoms with Gasteiger partial charge in [0.25, 0.3) is 0 Å². The van der Waals surface area contributed by atoms with Gasteiger partial charge in [0.15, 0.2) is 0 Å². The minimum Gasteiger partial charge on any atom is -0.497 e. The number of nitrogens with one attached hydrogen (secondary N) is 1. The van der Waals surface area contributed by atoms with Gasteiger partial charge in [-0.2, -0.15) is 0 Å². The zero-order valence-corrected chi connectivity index (χ0v) is 11.0. The number of benzene rings is 1. The molecule has 0 fully saturated rings. The molecule has 1 aromatic heterocycles. The lowest BCUT2D eigenvalue weighted by atomic mass is 10.2. The van der Waals surface area contributed by atoms with E-state index in [1.165, 1.54) is 0 Å². The Morgan fingerprint density at radius 3 is 2.74 bits per heavy atom. The maximum Gasteiger partial charge on any atom is 0.325 e. The molecule has 0 aliphatic carbocycles. The van der Waals surface area contributed by atoms with E-state index in [9.17, 15) is 4.79 Å². The summed E-state index contributed by atoms with van der Waals surface area (Å²) in [7, 11) is 1.59. The first-order valence-corrected chi connectivity index (χ1v) is 5.83. The number of ether oxygens (including phenoxy) is 1. The molecule has 0 unspecified atom stereocenters. The molecule has 1 heterocycles. The fourth-order valence-corrected chi connectivity index (χ4v) is 1.65. The van der Waals surface area contributed by atoms with Crippen LogP contribution in [0.25, 0.3) is 11.0 Å². The summed E-state index contributed by atoms with van der Waals surface area (Å²) in [5.41, 5.74) is 2.05. The zero-order valence-electron chi connectivity index (χ0n) is 11.0. The van der Waals surface area contributed by atoms with E-state index in [-0.39, 0.29) is 0 Å². The van der Waals surface area contributed by atoms with E-state index in [2.05, 4.69) is 15.3 Å². The molecule has 0 aliphatic heterocycles. The molecular formula is C13H15N3O3. The van der Waals surface area contributed by atoms with Crippen molar-refractivity contribution < 1.29 is 14.6 Å². The Kier molecular flexibility index (Phi) is 3.50. The van der Waals surface area contributed by atoms with Crippen molar-refractivity contribution in [1.82, 2.24) is 9.97 Å². The van der Waals surface area contributed by atoms with Gasteiger partial charge in [0.1, 0.15) is 17.6 Å². The number of carbonyl (C=O) groups is 1. The smallest absolute Gasteiger partial charge is 0.325 e. The van der Waals surface area contributed by atoms with Crippen LogP contribution in [-0.4, -0.2) is 34.2 Å². The maximum absolute atomic E-state index is 10.8. The molecule has 6 nitrogen and oxygen atoms in total. The van der Waals surface area contributed by atoms with Crippen LogP contribution in [0.3, 0.4) is 0 Å². The number of methoxy groups -OCH3 is 1. The molecule has 0 bridgehead atoms. The van der Waals surface area contributed by atoms with Crippen LogP contribution in [0, 0.1) is 6.92 Å². The summed E-state index contributed by atoms with van der Waals surface area (Å²) >= 11 is 0. The second-order valence-electron chi connectivity index (χ2n) is 4.22. The molecule has 0 amide bonds. The Morgan fingerprint density at radius 1 is 1.37 bits per heavy atom.